The van der Waals surface area contributed by atoms with Crippen LogP contribution in [0.5, 0.6) is 0 Å². The molecule has 2 N–H and O–H groups in total. The summed E-state index contributed by atoms with van der Waals surface area (Å²) < 4.78 is 5.26. The number of carbonyl (C=O) groups is 1. The van der Waals surface area contributed by atoms with Crippen molar-refractivity contribution in [3.05, 3.63) is 29.8 Å². The van der Waals surface area contributed by atoms with E-state index in [1.54, 1.807) is 0 Å². The van der Waals surface area contributed by atoms with Crippen molar-refractivity contribution >= 4 is 11.6 Å². The molecule has 0 unspecified atom stereocenters. The molecule has 1 amide bonds. The lowest BCUT2D eigenvalue weighted by molar-refractivity contribution is -0.121. The van der Waals surface area contributed by atoms with E-state index in [9.17, 15) is 4.79 Å². The molecule has 1 rings (SSSR count). The van der Waals surface area contributed by atoms with Gasteiger partial charge in [-0.25, -0.2) is 0 Å². The summed E-state index contributed by atoms with van der Waals surface area (Å²) in [5.41, 5.74) is 1.98. The molecule has 0 fully saturated rings. The fraction of sp³-hybridized carbons (Fsp3) is 0.533. The van der Waals surface area contributed by atoms with E-state index in [4.69, 9.17) is 4.74 Å². The van der Waals surface area contributed by atoms with Crippen LogP contribution >= 0.6 is 0 Å². The van der Waals surface area contributed by atoms with E-state index in [-0.39, 0.29) is 18.6 Å². The van der Waals surface area contributed by atoms with E-state index in [1.807, 2.05) is 38.1 Å². The van der Waals surface area contributed by atoms with E-state index in [0.29, 0.717) is 0 Å². The van der Waals surface area contributed by atoms with E-state index >= 15 is 0 Å². The van der Waals surface area contributed by atoms with E-state index in [0.717, 1.165) is 30.8 Å². The Labute approximate surface area is 115 Å². The number of anilines is 1. The van der Waals surface area contributed by atoms with Crippen LogP contribution in [0, 0.1) is 0 Å². The quantitative estimate of drug-likeness (QED) is 0.709. The normalized spacial score (nSPS) is 10.7. The van der Waals surface area contributed by atoms with Crippen LogP contribution in [0.1, 0.15) is 32.8 Å². The lowest BCUT2D eigenvalue weighted by Crippen LogP contribution is -2.21. The smallest absolute Gasteiger partial charge is 0.250 e. The number of rotatable bonds is 8. The molecule has 0 aliphatic rings. The summed E-state index contributed by atoms with van der Waals surface area (Å²) >= 11 is 0. The number of carbonyl (C=O) groups excluding carboxylic acids is 1. The SMILES string of the molecule is CCCNCc1cccc(NC(=O)COC(C)C)c1. The van der Waals surface area contributed by atoms with E-state index in [1.165, 1.54) is 0 Å². The zero-order valence-corrected chi connectivity index (χ0v) is 12.0. The highest BCUT2D eigenvalue weighted by molar-refractivity contribution is 5.91. The van der Waals surface area contributed by atoms with Crippen LogP contribution in [0.3, 0.4) is 0 Å². The highest BCUT2D eigenvalue weighted by Gasteiger charge is 2.04. The van der Waals surface area contributed by atoms with Crippen LogP contribution in [0.15, 0.2) is 24.3 Å². The standard InChI is InChI=1S/C15H24N2O2/c1-4-8-16-10-13-6-5-7-14(9-13)17-15(18)11-19-12(2)3/h5-7,9,12,16H,4,8,10-11H2,1-3H3,(H,17,18). The number of hydrogen-bond donors (Lipinski definition) is 2. The molecule has 0 saturated heterocycles. The summed E-state index contributed by atoms with van der Waals surface area (Å²) in [6, 6.07) is 7.86. The van der Waals surface area contributed by atoms with Crippen LogP contribution in [0.2, 0.25) is 0 Å². The number of amides is 1. The molecule has 1 aromatic carbocycles. The fourth-order valence-electron chi connectivity index (χ4n) is 1.61. The third-order valence-corrected chi connectivity index (χ3v) is 2.51. The molecule has 0 aromatic heterocycles. The van der Waals surface area contributed by atoms with Crippen molar-refractivity contribution in [2.75, 3.05) is 18.5 Å². The van der Waals surface area contributed by atoms with Gasteiger partial charge in [0.05, 0.1) is 6.10 Å². The predicted octanol–water partition coefficient (Wildman–Crippen LogP) is 2.55. The second kappa shape index (κ2) is 8.67. The zero-order chi connectivity index (χ0) is 14.1. The maximum Gasteiger partial charge on any atom is 0.250 e. The van der Waals surface area contributed by atoms with Crippen LogP contribution in [0.4, 0.5) is 5.69 Å². The van der Waals surface area contributed by atoms with Gasteiger partial charge in [0.1, 0.15) is 6.61 Å². The molecular formula is C15H24N2O2. The molecule has 0 heterocycles. The first-order chi connectivity index (χ1) is 9.11. The van der Waals surface area contributed by atoms with Gasteiger partial charge in [-0.15, -0.1) is 0 Å². The van der Waals surface area contributed by atoms with Crippen molar-refractivity contribution in [1.82, 2.24) is 5.32 Å². The highest BCUT2D eigenvalue weighted by atomic mass is 16.5. The van der Waals surface area contributed by atoms with Crippen LogP contribution < -0.4 is 10.6 Å². The maximum absolute atomic E-state index is 11.6. The Bertz CT molecular complexity index is 391. The Morgan fingerprint density at radius 2 is 2.16 bits per heavy atom. The number of nitrogens with one attached hydrogen (secondary N) is 2. The molecule has 4 heteroatoms. The summed E-state index contributed by atoms with van der Waals surface area (Å²) in [6.07, 6.45) is 1.18. The average Bonchev–Trinajstić information content (AvgIpc) is 2.37. The first-order valence-electron chi connectivity index (χ1n) is 6.83. The zero-order valence-electron chi connectivity index (χ0n) is 12.0. The van der Waals surface area contributed by atoms with Gasteiger partial charge < -0.3 is 15.4 Å². The third kappa shape index (κ3) is 6.94. The molecule has 4 nitrogen and oxygen atoms in total. The molecule has 106 valence electrons. The number of ether oxygens (including phenoxy) is 1. The monoisotopic (exact) mass is 264 g/mol. The Hall–Kier alpha value is -1.39. The Morgan fingerprint density at radius 3 is 2.84 bits per heavy atom. The Kier molecular flexibility index (Phi) is 7.15. The van der Waals surface area contributed by atoms with Crippen LogP contribution in [-0.2, 0) is 16.1 Å². The van der Waals surface area contributed by atoms with Crippen molar-refractivity contribution in [2.45, 2.75) is 39.8 Å². The topological polar surface area (TPSA) is 50.4 Å². The van der Waals surface area contributed by atoms with Crippen molar-refractivity contribution in [2.24, 2.45) is 0 Å². The Morgan fingerprint density at radius 1 is 1.37 bits per heavy atom. The molecule has 0 saturated carbocycles. The van der Waals surface area contributed by atoms with Gasteiger partial charge in [-0.3, -0.25) is 4.79 Å². The minimum atomic E-state index is -0.118. The molecular weight excluding hydrogens is 240 g/mol. The molecule has 0 bridgehead atoms. The summed E-state index contributed by atoms with van der Waals surface area (Å²) in [5, 5.41) is 6.17. The molecule has 0 aliphatic heterocycles. The molecule has 0 radical (unpaired) electrons. The van der Waals surface area contributed by atoms with Crippen LogP contribution in [-0.4, -0.2) is 25.2 Å². The third-order valence-electron chi connectivity index (χ3n) is 2.51. The number of benzene rings is 1. The van der Waals surface area contributed by atoms with Gasteiger partial charge in [0.15, 0.2) is 0 Å². The molecule has 1 aromatic rings. The minimum absolute atomic E-state index is 0.0651. The van der Waals surface area contributed by atoms with Gasteiger partial charge in [0.2, 0.25) is 5.91 Å². The van der Waals surface area contributed by atoms with Crippen molar-refractivity contribution in [3.63, 3.8) is 0 Å². The van der Waals surface area contributed by atoms with Crippen molar-refractivity contribution in [3.8, 4) is 0 Å². The van der Waals surface area contributed by atoms with Gasteiger partial charge in [0.25, 0.3) is 0 Å². The van der Waals surface area contributed by atoms with E-state index in [2.05, 4.69) is 17.6 Å². The summed E-state index contributed by atoms with van der Waals surface area (Å²) in [5.74, 6) is -0.118. The predicted molar refractivity (Wildman–Crippen MR) is 78.2 cm³/mol. The van der Waals surface area contributed by atoms with E-state index < -0.39 is 0 Å². The minimum Gasteiger partial charge on any atom is -0.369 e. The Balaban J connectivity index is 2.45. The van der Waals surface area contributed by atoms with Gasteiger partial charge in [-0.05, 0) is 44.5 Å². The molecule has 0 spiro atoms. The van der Waals surface area contributed by atoms with Crippen molar-refractivity contribution < 1.29 is 9.53 Å². The second-order valence-corrected chi connectivity index (χ2v) is 4.79. The van der Waals surface area contributed by atoms with Crippen LogP contribution in [0.25, 0.3) is 0 Å². The first kappa shape index (κ1) is 15.7. The molecule has 19 heavy (non-hydrogen) atoms. The van der Waals surface area contributed by atoms with Gasteiger partial charge in [-0.1, -0.05) is 19.1 Å². The van der Waals surface area contributed by atoms with Gasteiger partial charge >= 0.3 is 0 Å². The lowest BCUT2D eigenvalue weighted by atomic mass is 10.2. The highest BCUT2D eigenvalue weighted by Crippen LogP contribution is 2.10. The first-order valence-corrected chi connectivity index (χ1v) is 6.83. The van der Waals surface area contributed by atoms with Gasteiger partial charge in [0, 0.05) is 12.2 Å². The average molecular weight is 264 g/mol. The summed E-state index contributed by atoms with van der Waals surface area (Å²) in [6.45, 7) is 7.87. The molecule has 0 aliphatic carbocycles. The fourth-order valence-corrected chi connectivity index (χ4v) is 1.61. The van der Waals surface area contributed by atoms with Gasteiger partial charge in [-0.2, -0.15) is 0 Å². The summed E-state index contributed by atoms with van der Waals surface area (Å²) in [7, 11) is 0. The summed E-state index contributed by atoms with van der Waals surface area (Å²) in [4.78, 5) is 11.6. The maximum atomic E-state index is 11.6. The number of hydrogen-bond acceptors (Lipinski definition) is 3. The lowest BCUT2D eigenvalue weighted by Gasteiger charge is -2.10. The van der Waals surface area contributed by atoms with Crippen molar-refractivity contribution in [1.29, 1.82) is 0 Å². The largest absolute Gasteiger partial charge is 0.369 e. The molecule has 0 atom stereocenters. The second-order valence-electron chi connectivity index (χ2n) is 4.79.